The number of aliphatic hydroxyl groups is 1. The summed E-state index contributed by atoms with van der Waals surface area (Å²) in [6.45, 7) is 14.1. The van der Waals surface area contributed by atoms with Gasteiger partial charge in [0, 0.05) is 25.7 Å². The van der Waals surface area contributed by atoms with E-state index in [4.69, 9.17) is 37.0 Å². The molecule has 19 heteroatoms. The van der Waals surface area contributed by atoms with Crippen LogP contribution in [0, 0.1) is 23.7 Å². The molecule has 0 saturated carbocycles. The number of phosphoric acid groups is 2. The van der Waals surface area contributed by atoms with Crippen molar-refractivity contribution in [2.45, 2.75) is 375 Å². The molecule has 5 atom stereocenters. The highest BCUT2D eigenvalue weighted by Crippen LogP contribution is 2.45. The lowest BCUT2D eigenvalue weighted by Crippen LogP contribution is -2.30. The second-order valence-corrected chi connectivity index (χ2v) is 30.8. The van der Waals surface area contributed by atoms with E-state index in [1.54, 1.807) is 0 Å². The maximum absolute atomic E-state index is 13.0. The molecule has 3 N–H and O–H groups in total. The number of ether oxygens (including phenoxy) is 4. The molecule has 91 heavy (non-hydrogen) atoms. The van der Waals surface area contributed by atoms with Crippen molar-refractivity contribution in [1.29, 1.82) is 0 Å². The van der Waals surface area contributed by atoms with E-state index in [9.17, 15) is 43.2 Å². The number of carbonyl (C=O) groups excluding carboxylic acids is 4. The Balaban J connectivity index is 5.19. The van der Waals surface area contributed by atoms with Crippen LogP contribution in [-0.2, 0) is 65.4 Å². The fourth-order valence-electron chi connectivity index (χ4n) is 10.8. The molecule has 0 spiro atoms. The first kappa shape index (κ1) is 89.1. The number of unbranched alkanes of at least 4 members (excludes halogenated alkanes) is 35. The molecule has 0 aromatic rings. The summed E-state index contributed by atoms with van der Waals surface area (Å²) in [5.41, 5.74) is 0. The molecule has 0 rings (SSSR count). The number of esters is 4. The van der Waals surface area contributed by atoms with Gasteiger partial charge in [0.05, 0.1) is 26.4 Å². The van der Waals surface area contributed by atoms with Crippen molar-refractivity contribution in [3.05, 3.63) is 0 Å². The van der Waals surface area contributed by atoms with Gasteiger partial charge < -0.3 is 33.8 Å². The fourth-order valence-corrected chi connectivity index (χ4v) is 12.4. The summed E-state index contributed by atoms with van der Waals surface area (Å²) in [4.78, 5) is 72.5. The zero-order chi connectivity index (χ0) is 67.5. The highest BCUT2D eigenvalue weighted by Gasteiger charge is 2.30. The number of hydrogen-bond acceptors (Lipinski definition) is 15. The molecule has 0 bridgehead atoms. The van der Waals surface area contributed by atoms with Crippen LogP contribution in [0.4, 0.5) is 0 Å². The molecular weight excluding hydrogens is 1200 g/mol. The first-order valence-electron chi connectivity index (χ1n) is 37.2. The van der Waals surface area contributed by atoms with E-state index in [1.165, 1.54) is 154 Å². The van der Waals surface area contributed by atoms with Gasteiger partial charge >= 0.3 is 39.5 Å². The van der Waals surface area contributed by atoms with E-state index in [1.807, 2.05) is 0 Å². The molecule has 540 valence electrons. The summed E-state index contributed by atoms with van der Waals surface area (Å²) in [5, 5.41) is 10.6. The highest BCUT2D eigenvalue weighted by atomic mass is 31.2. The quantitative estimate of drug-likeness (QED) is 0.0222. The second kappa shape index (κ2) is 61.6. The summed E-state index contributed by atoms with van der Waals surface area (Å²) in [6.07, 6.45) is 44.7. The standard InChI is InChI=1S/C72H140O17P2/c1-62(2)48-40-32-24-18-15-13-11-9-10-12-14-16-20-28-38-46-54-71(76)89-68(59-83-70(75)53-45-37-31-30-35-43-51-65(7)8)61-87-91(80,81)85-57-66(73)56-84-90(78,79)86-60-67(58-82-69(74)52-44-36-27-23-22-26-34-42-50-64(5)6)88-72(77)55-47-39-29-21-17-19-25-33-41-49-63(3)4/h62-68,73H,9-61H2,1-8H3,(H,78,79)(H,80,81)/t66?,67-,68-/m1/s1. The number of rotatable bonds is 69. The van der Waals surface area contributed by atoms with E-state index in [0.717, 1.165) is 114 Å². The molecule has 0 aromatic heterocycles. The van der Waals surface area contributed by atoms with E-state index in [0.29, 0.717) is 31.6 Å². The number of carbonyl (C=O) groups is 4. The number of aliphatic hydroxyl groups excluding tert-OH is 1. The van der Waals surface area contributed by atoms with E-state index in [2.05, 4.69) is 55.4 Å². The minimum absolute atomic E-state index is 0.104. The average Bonchev–Trinajstić information content (AvgIpc) is 3.18. The smallest absolute Gasteiger partial charge is 0.462 e. The van der Waals surface area contributed by atoms with Crippen LogP contribution in [0.5, 0.6) is 0 Å². The molecular formula is C72H140O17P2. The molecule has 0 radical (unpaired) electrons. The van der Waals surface area contributed by atoms with Crippen LogP contribution in [0.15, 0.2) is 0 Å². The van der Waals surface area contributed by atoms with Gasteiger partial charge in [0.15, 0.2) is 12.2 Å². The normalized spacial score (nSPS) is 14.2. The summed E-state index contributed by atoms with van der Waals surface area (Å²) in [6, 6.07) is 0. The lowest BCUT2D eigenvalue weighted by molar-refractivity contribution is -0.161. The zero-order valence-electron chi connectivity index (χ0n) is 59.5. The van der Waals surface area contributed by atoms with E-state index < -0.39 is 97.5 Å². The van der Waals surface area contributed by atoms with Crippen LogP contribution >= 0.6 is 15.6 Å². The Morgan fingerprint density at radius 3 is 0.681 bits per heavy atom. The molecule has 0 amide bonds. The van der Waals surface area contributed by atoms with E-state index >= 15 is 0 Å². The Kier molecular flexibility index (Phi) is 60.3. The predicted octanol–water partition coefficient (Wildman–Crippen LogP) is 20.5. The van der Waals surface area contributed by atoms with Gasteiger partial charge in [-0.25, -0.2) is 9.13 Å². The molecule has 0 aliphatic heterocycles. The first-order chi connectivity index (χ1) is 43.6. The molecule has 0 saturated heterocycles. The van der Waals surface area contributed by atoms with Gasteiger partial charge in [0.25, 0.3) is 0 Å². The largest absolute Gasteiger partial charge is 0.472 e. The van der Waals surface area contributed by atoms with Gasteiger partial charge in [-0.3, -0.25) is 37.3 Å². The minimum Gasteiger partial charge on any atom is -0.462 e. The first-order valence-corrected chi connectivity index (χ1v) is 40.2. The Labute approximate surface area is 556 Å². The van der Waals surface area contributed by atoms with E-state index in [-0.39, 0.29) is 25.7 Å². The van der Waals surface area contributed by atoms with Crippen molar-refractivity contribution in [2.24, 2.45) is 23.7 Å². The topological polar surface area (TPSA) is 237 Å². The lowest BCUT2D eigenvalue weighted by atomic mass is 10.0. The maximum Gasteiger partial charge on any atom is 0.472 e. The van der Waals surface area contributed by atoms with Crippen molar-refractivity contribution in [1.82, 2.24) is 0 Å². The maximum atomic E-state index is 13.0. The van der Waals surface area contributed by atoms with Crippen LogP contribution in [0.25, 0.3) is 0 Å². The molecule has 3 unspecified atom stereocenters. The third kappa shape index (κ3) is 66.5. The van der Waals surface area contributed by atoms with Gasteiger partial charge in [0.2, 0.25) is 0 Å². The van der Waals surface area contributed by atoms with Crippen molar-refractivity contribution in [3.63, 3.8) is 0 Å². The van der Waals surface area contributed by atoms with Gasteiger partial charge in [-0.05, 0) is 49.4 Å². The number of phosphoric ester groups is 2. The summed E-state index contributed by atoms with van der Waals surface area (Å²) in [5.74, 6) is 0.822. The Morgan fingerprint density at radius 1 is 0.275 bits per heavy atom. The Morgan fingerprint density at radius 2 is 0.462 bits per heavy atom. The molecule has 0 aliphatic rings. The lowest BCUT2D eigenvalue weighted by Gasteiger charge is -2.21. The van der Waals surface area contributed by atoms with Gasteiger partial charge in [-0.1, -0.05) is 306 Å². The monoisotopic (exact) mass is 1340 g/mol. The molecule has 0 aliphatic carbocycles. The second-order valence-electron chi connectivity index (χ2n) is 27.9. The van der Waals surface area contributed by atoms with Gasteiger partial charge in [-0.2, -0.15) is 0 Å². The van der Waals surface area contributed by atoms with Crippen LogP contribution in [0.1, 0.15) is 357 Å². The molecule has 17 nitrogen and oxygen atoms in total. The summed E-state index contributed by atoms with van der Waals surface area (Å²) < 4.78 is 68.3. The molecule has 0 heterocycles. The minimum atomic E-state index is -4.95. The van der Waals surface area contributed by atoms with Crippen molar-refractivity contribution >= 4 is 39.5 Å². The molecule has 0 fully saturated rings. The third-order valence-corrected chi connectivity index (χ3v) is 18.5. The van der Waals surface area contributed by atoms with Crippen molar-refractivity contribution < 1.29 is 80.2 Å². The average molecular weight is 1340 g/mol. The predicted molar refractivity (Wildman–Crippen MR) is 367 cm³/mol. The Hall–Kier alpha value is -1.94. The van der Waals surface area contributed by atoms with Crippen LogP contribution in [-0.4, -0.2) is 96.7 Å². The Bertz CT molecular complexity index is 1800. The highest BCUT2D eigenvalue weighted by molar-refractivity contribution is 7.47. The summed E-state index contributed by atoms with van der Waals surface area (Å²) in [7, 11) is -9.90. The molecule has 0 aromatic carbocycles. The SMILES string of the molecule is CC(C)CCCCCCCCCCCCCCCCCCC(=O)O[C@H](COC(=O)CCCCCCCCC(C)C)COP(=O)(O)OCC(O)COP(=O)(O)OC[C@@H](COC(=O)CCCCCCCCCCC(C)C)OC(=O)CCCCCCCCCCCC(C)C. The van der Waals surface area contributed by atoms with Crippen molar-refractivity contribution in [2.75, 3.05) is 39.6 Å². The number of hydrogen-bond donors (Lipinski definition) is 3. The van der Waals surface area contributed by atoms with Crippen molar-refractivity contribution in [3.8, 4) is 0 Å². The van der Waals surface area contributed by atoms with Crippen LogP contribution in [0.3, 0.4) is 0 Å². The van der Waals surface area contributed by atoms with Gasteiger partial charge in [-0.15, -0.1) is 0 Å². The third-order valence-electron chi connectivity index (χ3n) is 16.6. The zero-order valence-corrected chi connectivity index (χ0v) is 61.3. The van der Waals surface area contributed by atoms with Crippen LogP contribution < -0.4 is 0 Å². The fraction of sp³-hybridized carbons (Fsp3) is 0.944. The van der Waals surface area contributed by atoms with Crippen LogP contribution in [0.2, 0.25) is 0 Å². The van der Waals surface area contributed by atoms with Gasteiger partial charge in [0.1, 0.15) is 19.3 Å². The summed E-state index contributed by atoms with van der Waals surface area (Å²) >= 11 is 0.